The number of nitriles is 1. The number of benzene rings is 1. The molecule has 0 saturated heterocycles. The zero-order chi connectivity index (χ0) is 16.1. The number of carbonyl (C=O) groups is 1. The molecule has 7 heteroatoms. The molecule has 0 unspecified atom stereocenters. The van der Waals surface area contributed by atoms with Gasteiger partial charge in [0.15, 0.2) is 0 Å². The molecule has 23 heavy (non-hydrogen) atoms. The molecular weight excluding hydrogens is 292 g/mol. The fourth-order valence-electron chi connectivity index (χ4n) is 1.97. The van der Waals surface area contributed by atoms with Crippen molar-refractivity contribution in [3.8, 4) is 11.8 Å². The fraction of sp³-hybridized carbons (Fsp3) is 0.0625. The van der Waals surface area contributed by atoms with Gasteiger partial charge in [-0.1, -0.05) is 5.21 Å². The summed E-state index contributed by atoms with van der Waals surface area (Å²) in [7, 11) is 0. The quantitative estimate of drug-likeness (QED) is 0.787. The number of hydrogen-bond acceptors (Lipinski definition) is 5. The number of amides is 1. The first-order valence-electron chi connectivity index (χ1n) is 6.86. The number of rotatable bonds is 4. The van der Waals surface area contributed by atoms with Crippen LogP contribution in [0.4, 0.5) is 0 Å². The average Bonchev–Trinajstić information content (AvgIpc) is 3.09. The maximum Gasteiger partial charge on any atom is 0.251 e. The molecule has 0 atom stereocenters. The molecule has 7 nitrogen and oxygen atoms in total. The normalized spacial score (nSPS) is 10.0. The van der Waals surface area contributed by atoms with Gasteiger partial charge in [-0.3, -0.25) is 9.78 Å². The van der Waals surface area contributed by atoms with Crippen LogP contribution in [0.1, 0.15) is 21.6 Å². The van der Waals surface area contributed by atoms with Crippen LogP contribution in [0.15, 0.2) is 55.0 Å². The molecule has 1 N–H and O–H groups in total. The molecule has 2 aromatic heterocycles. The Labute approximate surface area is 132 Å². The molecule has 112 valence electrons. The van der Waals surface area contributed by atoms with Crippen molar-refractivity contribution in [1.29, 1.82) is 5.26 Å². The van der Waals surface area contributed by atoms with E-state index >= 15 is 0 Å². The highest BCUT2D eigenvalue weighted by Crippen LogP contribution is 2.06. The highest BCUT2D eigenvalue weighted by atomic mass is 16.1. The van der Waals surface area contributed by atoms with Gasteiger partial charge < -0.3 is 5.32 Å². The first kappa shape index (κ1) is 14.4. The van der Waals surface area contributed by atoms with Crippen LogP contribution >= 0.6 is 0 Å². The van der Waals surface area contributed by atoms with Gasteiger partial charge in [0.25, 0.3) is 5.91 Å². The molecule has 0 aliphatic rings. The molecule has 0 spiro atoms. The van der Waals surface area contributed by atoms with Crippen LogP contribution in [-0.2, 0) is 6.54 Å². The van der Waals surface area contributed by atoms with Crippen LogP contribution in [0.3, 0.4) is 0 Å². The Hall–Kier alpha value is -3.53. The fourth-order valence-corrected chi connectivity index (χ4v) is 1.97. The SMILES string of the molecule is N#Cc1ccc(C(=O)NCc2cn(-c3ccncc3)nn2)cc1. The summed E-state index contributed by atoms with van der Waals surface area (Å²) in [5.74, 6) is -0.229. The molecule has 0 aliphatic heterocycles. The number of hydrogen-bond donors (Lipinski definition) is 1. The van der Waals surface area contributed by atoms with Gasteiger partial charge in [0.2, 0.25) is 0 Å². The lowest BCUT2D eigenvalue weighted by Gasteiger charge is -2.02. The second kappa shape index (κ2) is 6.49. The molecule has 0 saturated carbocycles. The number of carbonyl (C=O) groups excluding carboxylic acids is 1. The lowest BCUT2D eigenvalue weighted by Crippen LogP contribution is -2.22. The Morgan fingerprint density at radius 2 is 1.91 bits per heavy atom. The van der Waals surface area contributed by atoms with Crippen LogP contribution in [0.25, 0.3) is 5.69 Å². The molecule has 1 aromatic carbocycles. The van der Waals surface area contributed by atoms with E-state index in [0.717, 1.165) is 5.69 Å². The predicted molar refractivity (Wildman–Crippen MR) is 81.5 cm³/mol. The summed E-state index contributed by atoms with van der Waals surface area (Å²) in [5, 5.41) is 19.5. The third kappa shape index (κ3) is 3.39. The second-order valence-corrected chi connectivity index (χ2v) is 4.73. The molecule has 2 heterocycles. The van der Waals surface area contributed by atoms with Crippen LogP contribution in [0, 0.1) is 11.3 Å². The highest BCUT2D eigenvalue weighted by Gasteiger charge is 2.07. The Bertz CT molecular complexity index is 848. The van der Waals surface area contributed by atoms with E-state index in [1.54, 1.807) is 47.5 Å². The standard InChI is InChI=1S/C16H12N6O/c17-9-12-1-3-13(4-2-12)16(23)19-10-14-11-22(21-20-14)15-5-7-18-8-6-15/h1-8,11H,10H2,(H,19,23). The largest absolute Gasteiger partial charge is 0.346 e. The highest BCUT2D eigenvalue weighted by molar-refractivity contribution is 5.94. The van der Waals surface area contributed by atoms with Crippen molar-refractivity contribution in [3.63, 3.8) is 0 Å². The molecule has 1 amide bonds. The van der Waals surface area contributed by atoms with E-state index < -0.39 is 0 Å². The zero-order valence-electron chi connectivity index (χ0n) is 12.0. The van der Waals surface area contributed by atoms with Gasteiger partial charge in [-0.15, -0.1) is 5.10 Å². The Balaban J connectivity index is 1.63. The van der Waals surface area contributed by atoms with E-state index in [-0.39, 0.29) is 12.5 Å². The first-order valence-corrected chi connectivity index (χ1v) is 6.86. The Morgan fingerprint density at radius 3 is 2.61 bits per heavy atom. The average molecular weight is 304 g/mol. The molecule has 0 bridgehead atoms. The summed E-state index contributed by atoms with van der Waals surface area (Å²) in [6.45, 7) is 0.268. The van der Waals surface area contributed by atoms with Crippen molar-refractivity contribution >= 4 is 5.91 Å². The minimum atomic E-state index is -0.229. The van der Waals surface area contributed by atoms with Crippen LogP contribution < -0.4 is 5.32 Å². The van der Waals surface area contributed by atoms with Crippen molar-refractivity contribution in [3.05, 3.63) is 71.8 Å². The van der Waals surface area contributed by atoms with E-state index in [4.69, 9.17) is 5.26 Å². The summed E-state index contributed by atoms with van der Waals surface area (Å²) in [6.07, 6.45) is 5.08. The summed E-state index contributed by atoms with van der Waals surface area (Å²) in [6, 6.07) is 12.1. The minimum absolute atomic E-state index is 0.229. The third-order valence-electron chi connectivity index (χ3n) is 3.17. The second-order valence-electron chi connectivity index (χ2n) is 4.73. The molecule has 3 aromatic rings. The van der Waals surface area contributed by atoms with E-state index in [0.29, 0.717) is 16.8 Å². The number of pyridine rings is 1. The molecule has 0 fully saturated rings. The molecule has 3 rings (SSSR count). The van der Waals surface area contributed by atoms with Gasteiger partial charge in [0.05, 0.1) is 30.1 Å². The molecule has 0 radical (unpaired) electrons. The van der Waals surface area contributed by atoms with Crippen LogP contribution in [0.2, 0.25) is 0 Å². The van der Waals surface area contributed by atoms with Crippen molar-refractivity contribution in [2.45, 2.75) is 6.54 Å². The van der Waals surface area contributed by atoms with Crippen molar-refractivity contribution in [1.82, 2.24) is 25.3 Å². The third-order valence-corrected chi connectivity index (χ3v) is 3.17. The van der Waals surface area contributed by atoms with Crippen LogP contribution in [0.5, 0.6) is 0 Å². The minimum Gasteiger partial charge on any atom is -0.346 e. The molecule has 0 aliphatic carbocycles. The number of nitrogens with zero attached hydrogens (tertiary/aromatic N) is 5. The maximum atomic E-state index is 12.0. The number of nitrogens with one attached hydrogen (secondary N) is 1. The van der Waals surface area contributed by atoms with E-state index in [2.05, 4.69) is 20.6 Å². The zero-order valence-corrected chi connectivity index (χ0v) is 12.0. The van der Waals surface area contributed by atoms with Gasteiger partial charge in [-0.25, -0.2) is 4.68 Å². The maximum absolute atomic E-state index is 12.0. The van der Waals surface area contributed by atoms with Gasteiger partial charge in [-0.05, 0) is 36.4 Å². The summed E-state index contributed by atoms with van der Waals surface area (Å²) >= 11 is 0. The lowest BCUT2D eigenvalue weighted by molar-refractivity contribution is 0.0950. The smallest absolute Gasteiger partial charge is 0.251 e. The molecular formula is C16H12N6O. The van der Waals surface area contributed by atoms with E-state index in [1.807, 2.05) is 18.2 Å². The number of aromatic nitrogens is 4. The first-order chi connectivity index (χ1) is 11.3. The van der Waals surface area contributed by atoms with Crippen LogP contribution in [-0.4, -0.2) is 25.9 Å². The summed E-state index contributed by atoms with van der Waals surface area (Å²) in [4.78, 5) is 16.0. The topological polar surface area (TPSA) is 96.5 Å². The lowest BCUT2D eigenvalue weighted by atomic mass is 10.1. The van der Waals surface area contributed by atoms with Crippen molar-refractivity contribution in [2.75, 3.05) is 0 Å². The Kier molecular flexibility index (Phi) is 4.07. The van der Waals surface area contributed by atoms with Gasteiger partial charge in [-0.2, -0.15) is 5.26 Å². The van der Waals surface area contributed by atoms with E-state index in [1.165, 1.54) is 0 Å². The summed E-state index contributed by atoms with van der Waals surface area (Å²) < 4.78 is 1.62. The van der Waals surface area contributed by atoms with Crippen molar-refractivity contribution < 1.29 is 4.79 Å². The summed E-state index contributed by atoms with van der Waals surface area (Å²) in [5.41, 5.74) is 2.49. The van der Waals surface area contributed by atoms with E-state index in [9.17, 15) is 4.79 Å². The van der Waals surface area contributed by atoms with Crippen molar-refractivity contribution in [2.24, 2.45) is 0 Å². The monoisotopic (exact) mass is 304 g/mol. The van der Waals surface area contributed by atoms with Gasteiger partial charge in [0.1, 0.15) is 5.69 Å². The Morgan fingerprint density at radius 1 is 1.17 bits per heavy atom. The van der Waals surface area contributed by atoms with Gasteiger partial charge >= 0.3 is 0 Å². The predicted octanol–water partition coefficient (Wildman–Crippen LogP) is 1.46. The van der Waals surface area contributed by atoms with Gasteiger partial charge in [0, 0.05) is 18.0 Å².